The van der Waals surface area contributed by atoms with Gasteiger partial charge in [0.1, 0.15) is 5.82 Å². The maximum absolute atomic E-state index is 13.2. The van der Waals surface area contributed by atoms with Crippen LogP contribution in [0.3, 0.4) is 0 Å². The van der Waals surface area contributed by atoms with E-state index in [1.165, 1.54) is 0 Å². The molecule has 0 aliphatic carbocycles. The van der Waals surface area contributed by atoms with Gasteiger partial charge in [-0.05, 0) is 35.4 Å². The summed E-state index contributed by atoms with van der Waals surface area (Å²) in [4.78, 5) is 15.2. The third-order valence-corrected chi connectivity index (χ3v) is 5.06. The number of ether oxygens (including phenoxy) is 1. The molecule has 0 bridgehead atoms. The van der Waals surface area contributed by atoms with Gasteiger partial charge in [-0.25, -0.2) is 4.39 Å². The van der Waals surface area contributed by atoms with Crippen LogP contribution in [0.4, 0.5) is 17.6 Å². The molecule has 4 rings (SSSR count). The summed E-state index contributed by atoms with van der Waals surface area (Å²) in [5.41, 5.74) is 1.23. The third kappa shape index (κ3) is 6.25. The summed E-state index contributed by atoms with van der Waals surface area (Å²) in [6, 6.07) is 10.2. The molecule has 0 atom stereocenters. The highest BCUT2D eigenvalue weighted by Gasteiger charge is 2.31. The summed E-state index contributed by atoms with van der Waals surface area (Å²) < 4.78 is 55.9. The first-order chi connectivity index (χ1) is 14.8. The minimum atomic E-state index is -4.51. The maximum Gasteiger partial charge on any atom is 0.416 e. The average molecular weight is 440 g/mol. The zero-order valence-corrected chi connectivity index (χ0v) is 16.9. The monoisotopic (exact) mass is 440 g/mol. The first-order valence-electron chi connectivity index (χ1n) is 9.92. The van der Waals surface area contributed by atoms with Crippen molar-refractivity contribution < 1.29 is 32.2 Å². The zero-order chi connectivity index (χ0) is 22.4. The molecule has 0 spiro atoms. The van der Waals surface area contributed by atoms with Gasteiger partial charge in [-0.2, -0.15) is 13.2 Å². The Morgan fingerprint density at radius 2 is 1.77 bits per heavy atom. The van der Waals surface area contributed by atoms with Crippen LogP contribution in [-0.2, 0) is 24.0 Å². The number of carbonyl (C=O) groups is 1. The number of aliphatic hydroxyl groups excluding tert-OH is 1. The number of rotatable bonds is 4. The Bertz CT molecular complexity index is 899. The summed E-state index contributed by atoms with van der Waals surface area (Å²) >= 11 is 0. The first-order valence-corrected chi connectivity index (χ1v) is 9.92. The van der Waals surface area contributed by atoms with Gasteiger partial charge in [0.15, 0.2) is 0 Å². The van der Waals surface area contributed by atoms with Gasteiger partial charge in [0.2, 0.25) is 0 Å². The summed E-state index contributed by atoms with van der Waals surface area (Å²) in [5.74, 6) is -0.822. The Labute approximate surface area is 177 Å². The Kier molecular flexibility index (Phi) is 7.64. The van der Waals surface area contributed by atoms with E-state index in [1.807, 2.05) is 29.2 Å². The standard InChI is InChI=1S/C12H13F4NO.C10H11NO2/c13-11-6-9(5-10(7-11)12(14,15)16)8-17-1-3-18-4-2-17;12-6-5-11-7-8-3-1-2-4-9(8)10(11)13/h5-7H,1-4,8H2;1-4,12H,5-7H2. The highest BCUT2D eigenvalue weighted by Crippen LogP contribution is 2.30. The van der Waals surface area contributed by atoms with E-state index in [1.54, 1.807) is 4.90 Å². The molecule has 1 fully saturated rings. The van der Waals surface area contributed by atoms with Crippen molar-refractivity contribution >= 4 is 5.91 Å². The lowest BCUT2D eigenvalue weighted by Crippen LogP contribution is -2.35. The predicted molar refractivity (Wildman–Crippen MR) is 106 cm³/mol. The van der Waals surface area contributed by atoms with Crippen LogP contribution in [0.25, 0.3) is 0 Å². The molecule has 1 saturated heterocycles. The summed E-state index contributed by atoms with van der Waals surface area (Å²) in [6.45, 7) is 3.81. The van der Waals surface area contributed by atoms with Crippen LogP contribution in [0.2, 0.25) is 0 Å². The van der Waals surface area contributed by atoms with Crippen LogP contribution in [-0.4, -0.2) is 60.3 Å². The quantitative estimate of drug-likeness (QED) is 0.742. The van der Waals surface area contributed by atoms with Crippen LogP contribution in [0.1, 0.15) is 27.0 Å². The maximum atomic E-state index is 13.2. The fraction of sp³-hybridized carbons (Fsp3) is 0.409. The summed E-state index contributed by atoms with van der Waals surface area (Å²) in [5, 5.41) is 8.73. The molecule has 2 heterocycles. The molecule has 1 amide bonds. The lowest BCUT2D eigenvalue weighted by molar-refractivity contribution is -0.137. The molecule has 0 aromatic heterocycles. The number of β-amino-alcohol motifs (C(OH)–C–C–N with tert-alkyl or cyclic N) is 1. The van der Waals surface area contributed by atoms with Gasteiger partial charge >= 0.3 is 6.18 Å². The Balaban J connectivity index is 0.000000185. The number of morpholine rings is 1. The molecular formula is C22H24F4N2O3. The van der Waals surface area contributed by atoms with Gasteiger partial charge in [0.05, 0.1) is 25.4 Å². The van der Waals surface area contributed by atoms with Gasteiger partial charge in [-0.15, -0.1) is 0 Å². The number of carbonyl (C=O) groups excluding carboxylic acids is 1. The van der Waals surface area contributed by atoms with E-state index in [0.29, 0.717) is 57.6 Å². The van der Waals surface area contributed by atoms with Gasteiger partial charge in [0.25, 0.3) is 5.91 Å². The minimum Gasteiger partial charge on any atom is -0.395 e. The SMILES string of the molecule is Fc1cc(CN2CCOCC2)cc(C(F)(F)F)c1.O=C1c2ccccc2CN1CCO. The topological polar surface area (TPSA) is 53.0 Å². The number of halogens is 4. The number of alkyl halides is 3. The molecule has 0 saturated carbocycles. The second-order valence-corrected chi connectivity index (χ2v) is 7.34. The average Bonchev–Trinajstić information content (AvgIpc) is 3.04. The van der Waals surface area contributed by atoms with Gasteiger partial charge < -0.3 is 14.7 Å². The van der Waals surface area contributed by atoms with Crippen LogP contribution in [0.5, 0.6) is 0 Å². The number of benzene rings is 2. The van der Waals surface area contributed by atoms with Crippen LogP contribution in [0, 0.1) is 5.82 Å². The zero-order valence-electron chi connectivity index (χ0n) is 16.9. The van der Waals surface area contributed by atoms with Crippen molar-refractivity contribution in [2.24, 2.45) is 0 Å². The van der Waals surface area contributed by atoms with Crippen LogP contribution in [0.15, 0.2) is 42.5 Å². The van der Waals surface area contributed by atoms with E-state index in [2.05, 4.69) is 0 Å². The van der Waals surface area contributed by atoms with Crippen molar-refractivity contribution in [3.63, 3.8) is 0 Å². The highest BCUT2D eigenvalue weighted by molar-refractivity contribution is 5.98. The second kappa shape index (κ2) is 10.2. The largest absolute Gasteiger partial charge is 0.416 e. The fourth-order valence-corrected chi connectivity index (χ4v) is 3.54. The summed E-state index contributed by atoms with van der Waals surface area (Å²) in [6.07, 6.45) is -4.51. The van der Waals surface area contributed by atoms with E-state index < -0.39 is 17.6 Å². The lowest BCUT2D eigenvalue weighted by atomic mass is 10.1. The molecule has 2 aromatic rings. The molecule has 2 aliphatic rings. The van der Waals surface area contributed by atoms with Crippen molar-refractivity contribution in [2.75, 3.05) is 39.5 Å². The predicted octanol–water partition coefficient (Wildman–Crippen LogP) is 3.31. The summed E-state index contributed by atoms with van der Waals surface area (Å²) in [7, 11) is 0. The van der Waals surface area contributed by atoms with Crippen molar-refractivity contribution in [1.29, 1.82) is 0 Å². The van der Waals surface area contributed by atoms with E-state index in [9.17, 15) is 22.4 Å². The molecule has 5 nitrogen and oxygen atoms in total. The van der Waals surface area contributed by atoms with Gasteiger partial charge in [-0.1, -0.05) is 18.2 Å². The van der Waals surface area contributed by atoms with E-state index in [-0.39, 0.29) is 12.5 Å². The number of nitrogens with zero attached hydrogens (tertiary/aromatic N) is 2. The van der Waals surface area contributed by atoms with Crippen molar-refractivity contribution in [3.8, 4) is 0 Å². The van der Waals surface area contributed by atoms with Gasteiger partial charge in [-0.3, -0.25) is 9.69 Å². The number of hydrogen-bond acceptors (Lipinski definition) is 4. The normalized spacial score (nSPS) is 16.7. The molecule has 168 valence electrons. The Hall–Kier alpha value is -2.49. The minimum absolute atomic E-state index is 0.0275. The van der Waals surface area contributed by atoms with Gasteiger partial charge in [0, 0.05) is 38.3 Å². The van der Waals surface area contributed by atoms with Crippen molar-refractivity contribution in [2.45, 2.75) is 19.3 Å². The molecule has 9 heteroatoms. The number of aliphatic hydroxyl groups is 1. The second-order valence-electron chi connectivity index (χ2n) is 7.34. The van der Waals surface area contributed by atoms with Crippen molar-refractivity contribution in [1.82, 2.24) is 9.80 Å². The molecular weight excluding hydrogens is 416 g/mol. The van der Waals surface area contributed by atoms with Crippen LogP contribution < -0.4 is 0 Å². The van der Waals surface area contributed by atoms with E-state index in [0.717, 1.165) is 23.3 Å². The smallest absolute Gasteiger partial charge is 0.395 e. The van der Waals surface area contributed by atoms with Crippen molar-refractivity contribution in [3.05, 3.63) is 70.5 Å². The molecule has 2 aromatic carbocycles. The molecule has 1 N–H and O–H groups in total. The fourth-order valence-electron chi connectivity index (χ4n) is 3.54. The Morgan fingerprint density at radius 1 is 1.06 bits per heavy atom. The molecule has 0 unspecified atom stereocenters. The first kappa shape index (κ1) is 23.2. The van der Waals surface area contributed by atoms with Crippen LogP contribution >= 0.6 is 0 Å². The molecule has 2 aliphatic heterocycles. The highest BCUT2D eigenvalue weighted by atomic mass is 19.4. The lowest BCUT2D eigenvalue weighted by Gasteiger charge is -2.26. The number of amides is 1. The third-order valence-electron chi connectivity index (χ3n) is 5.06. The number of fused-ring (bicyclic) bond motifs is 1. The number of hydrogen-bond donors (Lipinski definition) is 1. The molecule has 31 heavy (non-hydrogen) atoms. The Morgan fingerprint density at radius 3 is 2.42 bits per heavy atom. The molecule has 0 radical (unpaired) electrons. The van der Waals surface area contributed by atoms with E-state index >= 15 is 0 Å². The van der Waals surface area contributed by atoms with E-state index in [4.69, 9.17) is 9.84 Å².